The second kappa shape index (κ2) is 11.3. The number of allylic oxidation sites excluding steroid dienone is 1. The fourth-order valence-corrected chi connectivity index (χ4v) is 11.0. The summed E-state index contributed by atoms with van der Waals surface area (Å²) in [6.45, 7) is 9.61. The van der Waals surface area contributed by atoms with E-state index in [1.807, 2.05) is 13.2 Å². The molecule has 2 aromatic carbocycles. The summed E-state index contributed by atoms with van der Waals surface area (Å²) < 4.78 is 72.6. The van der Waals surface area contributed by atoms with Gasteiger partial charge in [0.15, 0.2) is 5.79 Å². The van der Waals surface area contributed by atoms with Crippen molar-refractivity contribution in [2.45, 2.75) is 120 Å². The van der Waals surface area contributed by atoms with Gasteiger partial charge in [-0.15, -0.1) is 11.8 Å². The lowest BCUT2D eigenvalue weighted by Gasteiger charge is -2.60. The third-order valence-electron chi connectivity index (χ3n) is 13.8. The molecule has 1 heterocycles. The van der Waals surface area contributed by atoms with Crippen LogP contribution in [0.1, 0.15) is 97.5 Å². The maximum absolute atomic E-state index is 16.3. The zero-order valence-corrected chi connectivity index (χ0v) is 29.9. The predicted octanol–water partition coefficient (Wildman–Crippen LogP) is 10.7. The molecule has 0 bridgehead atoms. The van der Waals surface area contributed by atoms with Crippen LogP contribution in [0.2, 0.25) is 0 Å². The zero-order valence-electron chi connectivity index (χ0n) is 29.1. The highest BCUT2D eigenvalue weighted by atomic mass is 32.2. The standard InChI is InChI=1S/C40H50F4O3S/c1-34(2)23-46-39(47-24-34)20-17-32-33-29(15-19-38(32,45)22-39)31-16-18-36(4,37(5,41)40(42,43)44)35(31,3)21-30(33)27-9-7-25(8-10-27)26-11-13-28(48-6)14-12-26/h7-14,29-31,45H,15-24H2,1-6H3/t29?,30-,31?,35+,36-,37-,38-/m1/s1. The van der Waals surface area contributed by atoms with Gasteiger partial charge in [-0.1, -0.05) is 69.7 Å². The molecule has 262 valence electrons. The van der Waals surface area contributed by atoms with E-state index in [9.17, 15) is 18.3 Å². The van der Waals surface area contributed by atoms with E-state index in [0.29, 0.717) is 58.2 Å². The Bertz CT molecular complexity index is 1570. The maximum atomic E-state index is 16.3. The molecule has 2 unspecified atom stereocenters. The Morgan fingerprint density at radius 3 is 2.02 bits per heavy atom. The van der Waals surface area contributed by atoms with Crippen molar-refractivity contribution in [3.05, 3.63) is 65.2 Å². The van der Waals surface area contributed by atoms with E-state index < -0.39 is 34.1 Å². The Morgan fingerprint density at radius 2 is 1.44 bits per heavy atom. The Hall–Kier alpha value is -1.87. The van der Waals surface area contributed by atoms with E-state index in [0.717, 1.165) is 29.2 Å². The van der Waals surface area contributed by atoms with Gasteiger partial charge in [0.05, 0.1) is 18.8 Å². The predicted molar refractivity (Wildman–Crippen MR) is 182 cm³/mol. The summed E-state index contributed by atoms with van der Waals surface area (Å²) in [7, 11) is 0. The number of aliphatic hydroxyl groups is 1. The average molecular weight is 687 g/mol. The topological polar surface area (TPSA) is 38.7 Å². The van der Waals surface area contributed by atoms with Crippen LogP contribution in [-0.2, 0) is 9.47 Å². The molecule has 48 heavy (non-hydrogen) atoms. The Balaban J connectivity index is 1.32. The highest BCUT2D eigenvalue weighted by Gasteiger charge is 2.74. The Morgan fingerprint density at radius 1 is 0.833 bits per heavy atom. The van der Waals surface area contributed by atoms with Crippen LogP contribution in [0.3, 0.4) is 0 Å². The van der Waals surface area contributed by atoms with Crippen LogP contribution in [0.5, 0.6) is 0 Å². The van der Waals surface area contributed by atoms with Gasteiger partial charge in [0.1, 0.15) is 0 Å². The van der Waals surface area contributed by atoms with Gasteiger partial charge in [-0.05, 0) is 103 Å². The van der Waals surface area contributed by atoms with E-state index in [2.05, 4.69) is 62.4 Å². The minimum absolute atomic E-state index is 0.0187. The normalized spacial score (nSPS) is 37.0. The molecule has 7 atom stereocenters. The SMILES string of the molecule is CSc1ccc(-c2ccc([C@H]3C[C@@]4(C)C(CC[C@@]4(C)[C@@](C)(F)C(F)(F)F)C4CC[C@@]5(O)CC6(CCC5=C43)OCC(C)(C)CO6)cc2)cc1. The first-order valence-electron chi connectivity index (χ1n) is 17.6. The summed E-state index contributed by atoms with van der Waals surface area (Å²) >= 11 is 1.69. The van der Waals surface area contributed by atoms with Gasteiger partial charge in [0.2, 0.25) is 5.67 Å². The van der Waals surface area contributed by atoms with Crippen LogP contribution < -0.4 is 0 Å². The van der Waals surface area contributed by atoms with Crippen molar-refractivity contribution >= 4 is 11.8 Å². The van der Waals surface area contributed by atoms with Gasteiger partial charge >= 0.3 is 6.18 Å². The molecule has 1 saturated heterocycles. The number of benzene rings is 2. The minimum Gasteiger partial charge on any atom is -0.385 e. The molecular weight excluding hydrogens is 636 g/mol. The van der Waals surface area contributed by atoms with Crippen molar-refractivity contribution in [2.24, 2.45) is 28.1 Å². The second-order valence-corrected chi connectivity index (χ2v) is 17.8. The molecule has 5 aliphatic rings. The van der Waals surface area contributed by atoms with Crippen LogP contribution in [0, 0.1) is 28.1 Å². The summed E-state index contributed by atoms with van der Waals surface area (Å²) in [6.07, 6.45) is 0.965. The van der Waals surface area contributed by atoms with E-state index in [4.69, 9.17) is 9.47 Å². The van der Waals surface area contributed by atoms with Crippen molar-refractivity contribution in [3.8, 4) is 11.1 Å². The summed E-state index contributed by atoms with van der Waals surface area (Å²) in [5, 5.41) is 12.5. The third-order valence-corrected chi connectivity index (χ3v) is 14.5. The number of fused-ring (bicyclic) bond motifs is 4. The fraction of sp³-hybridized carbons (Fsp3) is 0.650. The number of hydrogen-bond donors (Lipinski definition) is 1. The molecule has 0 amide bonds. The number of thioether (sulfide) groups is 1. The first kappa shape index (κ1) is 34.6. The maximum Gasteiger partial charge on any atom is 0.422 e. The summed E-state index contributed by atoms with van der Waals surface area (Å²) in [6, 6.07) is 16.8. The van der Waals surface area contributed by atoms with Gasteiger partial charge in [0, 0.05) is 34.5 Å². The fourth-order valence-electron chi connectivity index (χ4n) is 10.6. The van der Waals surface area contributed by atoms with Crippen LogP contribution in [0.15, 0.2) is 64.6 Å². The minimum atomic E-state index is -4.97. The summed E-state index contributed by atoms with van der Waals surface area (Å²) in [5.41, 5.74) is -1.63. The second-order valence-electron chi connectivity index (χ2n) is 16.9. The largest absolute Gasteiger partial charge is 0.422 e. The third kappa shape index (κ3) is 5.16. The molecule has 1 N–H and O–H groups in total. The molecule has 4 fully saturated rings. The van der Waals surface area contributed by atoms with E-state index >= 15 is 4.39 Å². The van der Waals surface area contributed by atoms with Gasteiger partial charge in [-0.3, -0.25) is 0 Å². The van der Waals surface area contributed by atoms with E-state index in [-0.39, 0.29) is 29.6 Å². The highest BCUT2D eigenvalue weighted by molar-refractivity contribution is 7.98. The molecule has 8 heteroatoms. The van der Waals surface area contributed by atoms with Crippen LogP contribution >= 0.6 is 11.8 Å². The Labute approximate surface area is 287 Å². The molecular formula is C40H50F4O3S. The monoisotopic (exact) mass is 686 g/mol. The first-order valence-corrected chi connectivity index (χ1v) is 18.8. The van der Waals surface area contributed by atoms with E-state index in [1.54, 1.807) is 18.7 Å². The van der Waals surface area contributed by atoms with Gasteiger partial charge in [0.25, 0.3) is 0 Å². The number of alkyl halides is 4. The van der Waals surface area contributed by atoms with Crippen molar-refractivity contribution in [1.29, 1.82) is 0 Å². The summed E-state index contributed by atoms with van der Waals surface area (Å²) in [5.74, 6) is -1.18. The first-order chi connectivity index (χ1) is 22.4. The number of halogens is 4. The lowest BCUT2D eigenvalue weighted by atomic mass is 9.46. The molecule has 1 spiro atoms. The van der Waals surface area contributed by atoms with Gasteiger partial charge < -0.3 is 14.6 Å². The van der Waals surface area contributed by atoms with Gasteiger partial charge in [-0.2, -0.15) is 13.2 Å². The van der Waals surface area contributed by atoms with Crippen molar-refractivity contribution in [1.82, 2.24) is 0 Å². The lowest BCUT2D eigenvalue weighted by molar-refractivity contribution is -0.322. The Kier molecular flexibility index (Phi) is 8.15. The molecule has 0 radical (unpaired) electrons. The van der Waals surface area contributed by atoms with E-state index in [1.165, 1.54) is 10.5 Å². The summed E-state index contributed by atoms with van der Waals surface area (Å²) in [4.78, 5) is 1.19. The number of hydrogen-bond acceptors (Lipinski definition) is 4. The lowest BCUT2D eigenvalue weighted by Crippen LogP contribution is -2.61. The molecule has 4 aliphatic carbocycles. The van der Waals surface area contributed by atoms with Gasteiger partial charge in [-0.25, -0.2) is 4.39 Å². The van der Waals surface area contributed by atoms with Crippen LogP contribution in [0.4, 0.5) is 17.6 Å². The van der Waals surface area contributed by atoms with Crippen molar-refractivity contribution in [2.75, 3.05) is 19.5 Å². The smallest absolute Gasteiger partial charge is 0.385 e. The molecule has 2 aromatic rings. The molecule has 3 saturated carbocycles. The highest BCUT2D eigenvalue weighted by Crippen LogP contribution is 2.74. The molecule has 1 aliphatic heterocycles. The average Bonchev–Trinajstić information content (AvgIpc) is 3.32. The van der Waals surface area contributed by atoms with Crippen LogP contribution in [0.25, 0.3) is 11.1 Å². The number of ether oxygens (including phenoxy) is 2. The van der Waals surface area contributed by atoms with Crippen molar-refractivity contribution in [3.63, 3.8) is 0 Å². The molecule has 0 aromatic heterocycles. The number of rotatable bonds is 4. The molecule has 3 nitrogen and oxygen atoms in total. The van der Waals surface area contributed by atoms with Crippen LogP contribution in [-0.4, -0.2) is 47.8 Å². The quantitative estimate of drug-likeness (QED) is 0.197. The van der Waals surface area contributed by atoms with Crippen molar-refractivity contribution < 1.29 is 32.1 Å². The molecule has 7 rings (SSSR count). The zero-order chi connectivity index (χ0) is 34.5.